The molecule has 2 saturated carbocycles. The maximum absolute atomic E-state index is 14.6. The van der Waals surface area contributed by atoms with Crippen LogP contribution in [0.3, 0.4) is 0 Å². The molecule has 9 atom stereocenters. The fraction of sp³-hybridized carbons (Fsp3) is 0.725. The monoisotopic (exact) mass is 723 g/mol. The SMILES string of the molecule is CCCCCC1(CCCCC)O[C@@H]2[C@H](O1)[C@H]1ON(Cc3ccccc3C=CC3CCC4OC4C3)[C@@H]3C(=O)O[C@@H]2C[C@]13C(=O)NCCC(=O)NCCO. The van der Waals surface area contributed by atoms with E-state index in [-0.39, 0.29) is 50.9 Å². The van der Waals surface area contributed by atoms with Gasteiger partial charge in [-0.05, 0) is 49.1 Å². The molecule has 6 aliphatic rings. The molecule has 286 valence electrons. The van der Waals surface area contributed by atoms with E-state index in [1.54, 1.807) is 5.06 Å². The van der Waals surface area contributed by atoms with Crippen LogP contribution >= 0.6 is 0 Å². The lowest BCUT2D eigenvalue weighted by molar-refractivity contribution is -0.224. The molecule has 4 heterocycles. The number of carbonyl (C=O) groups excluding carboxylic acids is 3. The molecule has 0 radical (unpaired) electrons. The maximum atomic E-state index is 14.6. The number of benzene rings is 1. The molecule has 0 spiro atoms. The number of hydrogen-bond donors (Lipinski definition) is 3. The number of nitrogens with one attached hydrogen (secondary N) is 2. The summed E-state index contributed by atoms with van der Waals surface area (Å²) in [7, 11) is 0. The van der Waals surface area contributed by atoms with E-state index in [1.165, 1.54) is 0 Å². The summed E-state index contributed by atoms with van der Waals surface area (Å²) in [4.78, 5) is 47.9. The van der Waals surface area contributed by atoms with Gasteiger partial charge in [0, 0.05) is 38.8 Å². The largest absolute Gasteiger partial charge is 0.458 e. The molecular formula is C40H57N3O9. The number of amides is 2. The Hall–Kier alpha value is -2.87. The van der Waals surface area contributed by atoms with Gasteiger partial charge in [-0.25, -0.2) is 0 Å². The molecule has 2 bridgehead atoms. The second-order valence-corrected chi connectivity index (χ2v) is 15.6. The number of fused-ring (bicyclic) bond motifs is 5. The number of aliphatic hydroxyl groups excluding tert-OH is 1. The number of unbranched alkanes of at least 4 members (excludes halogenated alkanes) is 4. The molecular weight excluding hydrogens is 666 g/mol. The number of nitrogens with zero attached hydrogens (tertiary/aromatic N) is 1. The van der Waals surface area contributed by atoms with Crippen molar-refractivity contribution in [2.24, 2.45) is 11.3 Å². The Balaban J connectivity index is 1.17. The first-order valence-corrected chi connectivity index (χ1v) is 19.9. The Kier molecular flexibility index (Phi) is 11.7. The number of hydroxylamine groups is 2. The van der Waals surface area contributed by atoms with E-state index in [2.05, 4.69) is 42.7 Å². The average molecular weight is 724 g/mol. The molecule has 7 rings (SSSR count). The third-order valence-electron chi connectivity index (χ3n) is 12.0. The Morgan fingerprint density at radius 3 is 2.48 bits per heavy atom. The zero-order valence-corrected chi connectivity index (χ0v) is 30.8. The number of hydrogen-bond acceptors (Lipinski definition) is 10. The minimum Gasteiger partial charge on any atom is -0.458 e. The standard InChI is InChI=1S/C40H57N3O9/c1-3-5-9-18-39(19-10-6-4-2)50-33-31-24-40(38(47)42-20-17-32(45)41-21-22-44)35(37(46)49-31)43(52-36(40)34(33)51-39)25-28-12-8-7-11-27(28)15-13-26-14-16-29-30(23-26)48-29/h7-8,11-13,15,26,29-31,33-36,44H,3-6,9-10,14,16-25H2,1-2H3,(H,41,45)(H,42,47)/t26?,29?,30?,31-,33+,34+,35-,36-,40-/m1/s1. The second-order valence-electron chi connectivity index (χ2n) is 15.6. The van der Waals surface area contributed by atoms with Gasteiger partial charge in [-0.3, -0.25) is 19.2 Å². The Bertz CT molecular complexity index is 1460. The van der Waals surface area contributed by atoms with Crippen molar-refractivity contribution in [1.29, 1.82) is 0 Å². The first-order chi connectivity index (χ1) is 25.3. The summed E-state index contributed by atoms with van der Waals surface area (Å²) in [6.07, 6.45) is 13.7. The van der Waals surface area contributed by atoms with E-state index in [0.29, 0.717) is 31.0 Å². The molecule has 2 aliphatic carbocycles. The molecule has 12 heteroatoms. The van der Waals surface area contributed by atoms with E-state index in [4.69, 9.17) is 28.9 Å². The van der Waals surface area contributed by atoms with Crippen molar-refractivity contribution >= 4 is 23.9 Å². The zero-order chi connectivity index (χ0) is 36.3. The number of ether oxygens (including phenoxy) is 4. The molecule has 4 aliphatic heterocycles. The smallest absolute Gasteiger partial charge is 0.327 e. The minimum absolute atomic E-state index is 0.0352. The van der Waals surface area contributed by atoms with Crippen LogP contribution < -0.4 is 10.6 Å². The number of rotatable bonds is 18. The van der Waals surface area contributed by atoms with E-state index in [1.807, 2.05) is 18.2 Å². The van der Waals surface area contributed by atoms with Gasteiger partial charge in [0.1, 0.15) is 29.8 Å². The van der Waals surface area contributed by atoms with Crippen molar-refractivity contribution in [2.75, 3.05) is 19.7 Å². The molecule has 0 aromatic heterocycles. The van der Waals surface area contributed by atoms with Gasteiger partial charge in [0.25, 0.3) is 0 Å². The molecule has 3 unspecified atom stereocenters. The number of aliphatic hydroxyl groups is 1. The zero-order valence-electron chi connectivity index (χ0n) is 30.8. The van der Waals surface area contributed by atoms with Gasteiger partial charge in [0.15, 0.2) is 11.8 Å². The van der Waals surface area contributed by atoms with E-state index >= 15 is 0 Å². The van der Waals surface area contributed by atoms with E-state index < -0.39 is 47.6 Å². The minimum atomic E-state index is -1.32. The fourth-order valence-corrected chi connectivity index (χ4v) is 9.29. The van der Waals surface area contributed by atoms with Gasteiger partial charge in [-0.1, -0.05) is 75.9 Å². The van der Waals surface area contributed by atoms with Gasteiger partial charge >= 0.3 is 5.97 Å². The maximum Gasteiger partial charge on any atom is 0.327 e. The average Bonchev–Trinajstić information content (AvgIpc) is 3.69. The summed E-state index contributed by atoms with van der Waals surface area (Å²) in [6, 6.07) is 7.06. The molecule has 12 nitrogen and oxygen atoms in total. The first-order valence-electron chi connectivity index (χ1n) is 19.9. The number of epoxide rings is 1. The van der Waals surface area contributed by atoms with Crippen molar-refractivity contribution in [3.63, 3.8) is 0 Å². The Labute approximate surface area is 307 Å². The normalized spacial score (nSPS) is 34.1. The van der Waals surface area contributed by atoms with Crippen LogP contribution in [0.15, 0.2) is 30.3 Å². The lowest BCUT2D eigenvalue weighted by Gasteiger charge is -2.48. The summed E-state index contributed by atoms with van der Waals surface area (Å²) in [6.45, 7) is 4.64. The molecule has 4 saturated heterocycles. The molecule has 52 heavy (non-hydrogen) atoms. The third-order valence-corrected chi connectivity index (χ3v) is 12.0. The molecule has 1 aromatic rings. The Morgan fingerprint density at radius 2 is 1.73 bits per heavy atom. The summed E-state index contributed by atoms with van der Waals surface area (Å²) < 4.78 is 25.8. The molecule has 3 N–H and O–H groups in total. The quantitative estimate of drug-likeness (QED) is 0.114. The van der Waals surface area contributed by atoms with Crippen LogP contribution in [0.1, 0.15) is 108 Å². The summed E-state index contributed by atoms with van der Waals surface area (Å²) in [5.74, 6) is -1.54. The highest BCUT2D eigenvalue weighted by atomic mass is 16.8. The van der Waals surface area contributed by atoms with E-state index in [9.17, 15) is 14.4 Å². The van der Waals surface area contributed by atoms with Crippen molar-refractivity contribution in [2.45, 2.75) is 152 Å². The lowest BCUT2D eigenvalue weighted by Crippen LogP contribution is -2.69. The fourth-order valence-electron chi connectivity index (χ4n) is 9.29. The van der Waals surface area contributed by atoms with Gasteiger partial charge in [-0.15, -0.1) is 0 Å². The van der Waals surface area contributed by atoms with Crippen LogP contribution in [-0.4, -0.2) is 96.1 Å². The van der Waals surface area contributed by atoms with E-state index in [0.717, 1.165) is 68.9 Å². The number of allylic oxidation sites excluding steroid dienone is 1. The van der Waals surface area contributed by atoms with Crippen molar-refractivity contribution in [1.82, 2.24) is 15.7 Å². The van der Waals surface area contributed by atoms with Crippen LogP contribution in [0, 0.1) is 11.3 Å². The van der Waals surface area contributed by atoms with Crippen molar-refractivity contribution in [3.05, 3.63) is 41.5 Å². The number of esters is 1. The molecule has 2 amide bonds. The predicted octanol–water partition coefficient (Wildman–Crippen LogP) is 4.32. The van der Waals surface area contributed by atoms with Crippen LogP contribution in [0.4, 0.5) is 0 Å². The van der Waals surface area contributed by atoms with Crippen LogP contribution in [0.5, 0.6) is 0 Å². The summed E-state index contributed by atoms with van der Waals surface area (Å²) in [5.41, 5.74) is 0.676. The molecule has 6 fully saturated rings. The van der Waals surface area contributed by atoms with Gasteiger partial charge in [-0.2, -0.15) is 5.06 Å². The predicted molar refractivity (Wildman–Crippen MR) is 191 cm³/mol. The highest BCUT2D eigenvalue weighted by Gasteiger charge is 2.76. The third kappa shape index (κ3) is 7.57. The Morgan fingerprint density at radius 1 is 0.962 bits per heavy atom. The van der Waals surface area contributed by atoms with Crippen molar-refractivity contribution in [3.8, 4) is 0 Å². The van der Waals surface area contributed by atoms with Crippen molar-refractivity contribution < 1.29 is 43.3 Å². The van der Waals surface area contributed by atoms with Gasteiger partial charge < -0.3 is 34.7 Å². The number of carbonyl (C=O) groups is 3. The molecule has 1 aromatic carbocycles. The first kappa shape index (κ1) is 37.4. The van der Waals surface area contributed by atoms with Crippen LogP contribution in [0.25, 0.3) is 6.08 Å². The second kappa shape index (κ2) is 16.2. The lowest BCUT2D eigenvalue weighted by atomic mass is 9.62. The van der Waals surface area contributed by atoms with Gasteiger partial charge in [0.05, 0.1) is 25.4 Å². The van der Waals surface area contributed by atoms with Gasteiger partial charge in [0.2, 0.25) is 11.8 Å². The highest BCUT2D eigenvalue weighted by Crippen LogP contribution is 2.58. The van der Waals surface area contributed by atoms with Crippen LogP contribution in [0.2, 0.25) is 0 Å². The van der Waals surface area contributed by atoms with Crippen LogP contribution in [-0.2, 0) is 44.7 Å². The summed E-state index contributed by atoms with van der Waals surface area (Å²) >= 11 is 0. The summed E-state index contributed by atoms with van der Waals surface area (Å²) in [5, 5.41) is 16.3. The topological polar surface area (TPSA) is 148 Å². The highest BCUT2D eigenvalue weighted by molar-refractivity contribution is 5.94.